The Morgan fingerprint density at radius 1 is 0.826 bits per heavy atom. The fraction of sp³-hybridized carbons (Fsp3) is 0.429. The van der Waals surface area contributed by atoms with E-state index in [1.807, 2.05) is 30.3 Å². The minimum atomic E-state index is -0.277. The van der Waals surface area contributed by atoms with Crippen molar-refractivity contribution in [3.8, 4) is 0 Å². The number of aliphatic hydroxyl groups is 1. The quantitative estimate of drug-likeness (QED) is 0.728. The number of para-hydroxylation sites is 1. The third-order valence-electron chi connectivity index (χ3n) is 3.98. The van der Waals surface area contributed by atoms with Crippen LogP contribution in [0.1, 0.15) is 44.8 Å². The summed E-state index contributed by atoms with van der Waals surface area (Å²) in [6.07, 6.45) is 2.82. The topological polar surface area (TPSA) is 20.2 Å². The van der Waals surface area contributed by atoms with Gasteiger partial charge in [-0.05, 0) is 30.5 Å². The highest BCUT2D eigenvalue weighted by molar-refractivity contribution is 5.40. The first-order valence-corrected chi connectivity index (χ1v) is 8.62. The average Bonchev–Trinajstić information content (AvgIpc) is 2.57. The molecule has 2 aromatic rings. The SMILES string of the molecule is CCCC(O)c1ccccc1.CCC[N+](C)(C)c1ccccc1. The molecule has 0 aliphatic rings. The molecule has 126 valence electrons. The lowest BCUT2D eigenvalue weighted by Crippen LogP contribution is -2.40. The lowest BCUT2D eigenvalue weighted by Gasteiger charge is -2.28. The molecular weight excluding hydrogens is 282 g/mol. The number of rotatable bonds is 6. The molecule has 0 bridgehead atoms. The second-order valence-corrected chi connectivity index (χ2v) is 6.46. The zero-order valence-electron chi connectivity index (χ0n) is 15.1. The minimum Gasteiger partial charge on any atom is -0.388 e. The van der Waals surface area contributed by atoms with Crippen molar-refractivity contribution < 1.29 is 5.11 Å². The molecule has 1 atom stereocenters. The van der Waals surface area contributed by atoms with Crippen LogP contribution in [-0.2, 0) is 0 Å². The number of benzene rings is 2. The average molecular weight is 314 g/mol. The fourth-order valence-corrected chi connectivity index (χ4v) is 2.63. The third kappa shape index (κ3) is 6.98. The van der Waals surface area contributed by atoms with Crippen molar-refractivity contribution in [2.75, 3.05) is 20.6 Å². The first kappa shape index (κ1) is 19.4. The summed E-state index contributed by atoms with van der Waals surface area (Å²) < 4.78 is 0.983. The molecule has 2 rings (SSSR count). The Morgan fingerprint density at radius 3 is 1.83 bits per heavy atom. The van der Waals surface area contributed by atoms with Gasteiger partial charge in [0.2, 0.25) is 0 Å². The molecule has 0 amide bonds. The second kappa shape index (κ2) is 10.2. The van der Waals surface area contributed by atoms with Gasteiger partial charge in [0.25, 0.3) is 0 Å². The summed E-state index contributed by atoms with van der Waals surface area (Å²) in [6.45, 7) is 5.50. The van der Waals surface area contributed by atoms with Crippen LogP contribution in [0, 0.1) is 0 Å². The molecule has 0 heterocycles. The van der Waals surface area contributed by atoms with Crippen molar-refractivity contribution in [1.82, 2.24) is 4.48 Å². The van der Waals surface area contributed by atoms with E-state index >= 15 is 0 Å². The Labute approximate surface area is 142 Å². The van der Waals surface area contributed by atoms with Crippen LogP contribution in [0.5, 0.6) is 0 Å². The molecule has 0 aliphatic heterocycles. The summed E-state index contributed by atoms with van der Waals surface area (Å²) in [4.78, 5) is 0. The first-order valence-electron chi connectivity index (χ1n) is 8.62. The van der Waals surface area contributed by atoms with Crippen molar-refractivity contribution in [3.05, 3.63) is 66.2 Å². The van der Waals surface area contributed by atoms with E-state index in [4.69, 9.17) is 0 Å². The van der Waals surface area contributed by atoms with Crippen molar-refractivity contribution in [2.45, 2.75) is 39.2 Å². The molecular formula is C21H32NO+. The lowest BCUT2D eigenvalue weighted by atomic mass is 10.1. The maximum Gasteiger partial charge on any atom is 0.132 e. The summed E-state index contributed by atoms with van der Waals surface area (Å²) in [6, 6.07) is 20.4. The van der Waals surface area contributed by atoms with E-state index in [-0.39, 0.29) is 6.10 Å². The number of hydrogen-bond acceptors (Lipinski definition) is 1. The van der Waals surface area contributed by atoms with E-state index < -0.39 is 0 Å². The Morgan fingerprint density at radius 2 is 1.35 bits per heavy atom. The standard InChI is InChI=1S/C11H18N.C10H14O/c1-4-10-12(2,3)11-8-6-5-7-9-11;1-2-6-10(11)9-7-4-3-5-8-9/h5-9H,4,10H2,1-3H3;3-5,7-8,10-11H,2,6H2,1H3/q+1;. The van der Waals surface area contributed by atoms with Crippen molar-refractivity contribution in [3.63, 3.8) is 0 Å². The molecule has 0 aromatic heterocycles. The lowest BCUT2D eigenvalue weighted by molar-refractivity contribution is 0.166. The zero-order chi connectivity index (χ0) is 17.1. The van der Waals surface area contributed by atoms with Crippen LogP contribution in [0.25, 0.3) is 0 Å². The maximum atomic E-state index is 9.52. The zero-order valence-corrected chi connectivity index (χ0v) is 15.1. The molecule has 0 radical (unpaired) electrons. The van der Waals surface area contributed by atoms with Gasteiger partial charge in [-0.1, -0.05) is 68.8 Å². The summed E-state index contributed by atoms with van der Waals surface area (Å²) in [7, 11) is 4.50. The first-order chi connectivity index (χ1) is 11.0. The predicted molar refractivity (Wildman–Crippen MR) is 102 cm³/mol. The van der Waals surface area contributed by atoms with Crippen LogP contribution >= 0.6 is 0 Å². The van der Waals surface area contributed by atoms with Crippen molar-refractivity contribution in [1.29, 1.82) is 0 Å². The minimum absolute atomic E-state index is 0.277. The van der Waals surface area contributed by atoms with Gasteiger partial charge in [0.05, 0.1) is 26.7 Å². The van der Waals surface area contributed by atoms with Crippen LogP contribution < -0.4 is 4.48 Å². The van der Waals surface area contributed by atoms with Gasteiger partial charge in [-0.3, -0.25) is 4.48 Å². The normalized spacial score (nSPS) is 12.2. The molecule has 2 nitrogen and oxygen atoms in total. The summed E-state index contributed by atoms with van der Waals surface area (Å²) in [5, 5.41) is 9.52. The highest BCUT2D eigenvalue weighted by Gasteiger charge is 2.15. The Bertz CT molecular complexity index is 522. The molecule has 0 saturated carbocycles. The van der Waals surface area contributed by atoms with Crippen molar-refractivity contribution in [2.24, 2.45) is 0 Å². The van der Waals surface area contributed by atoms with E-state index in [0.717, 1.165) is 22.9 Å². The number of nitrogens with zero attached hydrogens (tertiary/aromatic N) is 1. The van der Waals surface area contributed by atoms with Gasteiger partial charge < -0.3 is 5.11 Å². The monoisotopic (exact) mass is 314 g/mol. The molecule has 2 heteroatoms. The molecule has 23 heavy (non-hydrogen) atoms. The van der Waals surface area contributed by atoms with Gasteiger partial charge in [-0.15, -0.1) is 0 Å². The van der Waals surface area contributed by atoms with Crippen LogP contribution in [0.15, 0.2) is 60.7 Å². The van der Waals surface area contributed by atoms with E-state index in [1.54, 1.807) is 0 Å². The largest absolute Gasteiger partial charge is 0.388 e. The molecule has 0 fully saturated rings. The number of aliphatic hydroxyl groups excluding tert-OH is 1. The Balaban J connectivity index is 0.000000231. The smallest absolute Gasteiger partial charge is 0.132 e. The third-order valence-corrected chi connectivity index (χ3v) is 3.98. The van der Waals surface area contributed by atoms with Crippen LogP contribution in [0.4, 0.5) is 5.69 Å². The fourth-order valence-electron chi connectivity index (χ4n) is 2.63. The van der Waals surface area contributed by atoms with Gasteiger partial charge in [0, 0.05) is 0 Å². The van der Waals surface area contributed by atoms with Crippen LogP contribution in [0.2, 0.25) is 0 Å². The van der Waals surface area contributed by atoms with Crippen LogP contribution in [-0.4, -0.2) is 25.7 Å². The number of quaternary nitrogens is 1. The molecule has 0 aliphatic carbocycles. The molecule has 2 aromatic carbocycles. The van der Waals surface area contributed by atoms with Gasteiger partial charge in [-0.25, -0.2) is 0 Å². The van der Waals surface area contributed by atoms with Crippen LogP contribution in [0.3, 0.4) is 0 Å². The Hall–Kier alpha value is -1.64. The highest BCUT2D eigenvalue weighted by Crippen LogP contribution is 2.18. The molecule has 1 unspecified atom stereocenters. The van der Waals surface area contributed by atoms with E-state index in [1.165, 1.54) is 18.7 Å². The maximum absolute atomic E-state index is 9.52. The summed E-state index contributed by atoms with van der Waals surface area (Å²) in [5.41, 5.74) is 2.41. The summed E-state index contributed by atoms with van der Waals surface area (Å²) >= 11 is 0. The molecule has 0 spiro atoms. The number of hydrogen-bond donors (Lipinski definition) is 1. The Kier molecular flexibility index (Phi) is 8.60. The summed E-state index contributed by atoms with van der Waals surface area (Å²) in [5.74, 6) is 0. The molecule has 1 N–H and O–H groups in total. The van der Waals surface area contributed by atoms with Gasteiger partial charge >= 0.3 is 0 Å². The van der Waals surface area contributed by atoms with Gasteiger partial charge in [-0.2, -0.15) is 0 Å². The van der Waals surface area contributed by atoms with E-state index in [9.17, 15) is 5.11 Å². The second-order valence-electron chi connectivity index (χ2n) is 6.46. The van der Waals surface area contributed by atoms with E-state index in [0.29, 0.717) is 0 Å². The highest BCUT2D eigenvalue weighted by atomic mass is 16.3. The van der Waals surface area contributed by atoms with E-state index in [2.05, 4.69) is 58.3 Å². The molecule has 0 saturated heterocycles. The van der Waals surface area contributed by atoms with Crippen molar-refractivity contribution >= 4 is 5.69 Å². The van der Waals surface area contributed by atoms with Gasteiger partial charge in [0.15, 0.2) is 0 Å². The van der Waals surface area contributed by atoms with Gasteiger partial charge in [0.1, 0.15) is 5.69 Å². The predicted octanol–water partition coefficient (Wildman–Crippen LogP) is 5.18.